The summed E-state index contributed by atoms with van der Waals surface area (Å²) >= 11 is 5.85. The fourth-order valence-electron chi connectivity index (χ4n) is 1.39. The molecule has 0 unspecified atom stereocenters. The molecule has 0 aliphatic heterocycles. The Morgan fingerprint density at radius 1 is 1.35 bits per heavy atom. The largest absolute Gasteiger partial charge is 0.355 e. The molecule has 0 atom stereocenters. The summed E-state index contributed by atoms with van der Waals surface area (Å²) in [6, 6.07) is 7.35. The average Bonchev–Trinajstić information content (AvgIpc) is 2.36. The van der Waals surface area contributed by atoms with Crippen LogP contribution in [-0.4, -0.2) is 45.8 Å². The topological polar surface area (TPSA) is 78.5 Å². The molecule has 0 aliphatic rings. The molecule has 2 N–H and O–H groups in total. The molecule has 1 aromatic carbocycles. The van der Waals surface area contributed by atoms with Gasteiger partial charge in [0.2, 0.25) is 5.91 Å². The van der Waals surface area contributed by atoms with Gasteiger partial charge in [-0.3, -0.25) is 4.79 Å². The standard InChI is InChI=1S/C12H18ClN3O3S/c1-16(2)20(18,19)15-9-12(17)14-7-6-10-4-3-5-11(13)8-10/h3-5,8,15H,6-7,9H2,1-2H3,(H,14,17). The molecule has 0 aromatic heterocycles. The molecule has 112 valence electrons. The highest BCUT2D eigenvalue weighted by atomic mass is 35.5. The van der Waals surface area contributed by atoms with E-state index >= 15 is 0 Å². The van der Waals surface area contributed by atoms with Crippen molar-refractivity contribution in [3.05, 3.63) is 34.9 Å². The van der Waals surface area contributed by atoms with E-state index in [0.29, 0.717) is 18.0 Å². The number of nitrogens with one attached hydrogen (secondary N) is 2. The Kier molecular flexibility index (Phi) is 6.41. The first kappa shape index (κ1) is 16.9. The van der Waals surface area contributed by atoms with Crippen LogP contribution >= 0.6 is 11.6 Å². The Hall–Kier alpha value is -1.15. The Balaban J connectivity index is 2.31. The molecule has 0 spiro atoms. The van der Waals surface area contributed by atoms with Gasteiger partial charge in [0.15, 0.2) is 0 Å². The van der Waals surface area contributed by atoms with Gasteiger partial charge in [0.25, 0.3) is 10.2 Å². The summed E-state index contributed by atoms with van der Waals surface area (Å²) in [6.45, 7) is 0.138. The van der Waals surface area contributed by atoms with E-state index in [1.165, 1.54) is 14.1 Å². The maximum Gasteiger partial charge on any atom is 0.279 e. The first-order chi connectivity index (χ1) is 9.31. The van der Waals surface area contributed by atoms with Gasteiger partial charge >= 0.3 is 0 Å². The number of rotatable bonds is 7. The van der Waals surface area contributed by atoms with Crippen LogP contribution in [0.5, 0.6) is 0 Å². The van der Waals surface area contributed by atoms with Gasteiger partial charge in [0, 0.05) is 25.7 Å². The van der Waals surface area contributed by atoms with Crippen LogP contribution in [0.2, 0.25) is 5.02 Å². The molecule has 0 heterocycles. The van der Waals surface area contributed by atoms with Crippen molar-refractivity contribution in [2.24, 2.45) is 0 Å². The van der Waals surface area contributed by atoms with Crippen molar-refractivity contribution in [2.45, 2.75) is 6.42 Å². The van der Waals surface area contributed by atoms with Crippen LogP contribution in [-0.2, 0) is 21.4 Å². The van der Waals surface area contributed by atoms with E-state index in [-0.39, 0.29) is 12.5 Å². The lowest BCUT2D eigenvalue weighted by atomic mass is 10.1. The van der Waals surface area contributed by atoms with Crippen LogP contribution in [0.15, 0.2) is 24.3 Å². The Morgan fingerprint density at radius 3 is 2.65 bits per heavy atom. The van der Waals surface area contributed by atoms with Crippen LogP contribution < -0.4 is 10.0 Å². The summed E-state index contributed by atoms with van der Waals surface area (Å²) in [5.41, 5.74) is 1.01. The molecular weight excluding hydrogens is 302 g/mol. The highest BCUT2D eigenvalue weighted by Crippen LogP contribution is 2.10. The number of nitrogens with zero attached hydrogens (tertiary/aromatic N) is 1. The Morgan fingerprint density at radius 2 is 2.05 bits per heavy atom. The van der Waals surface area contributed by atoms with Crippen LogP contribution in [0.3, 0.4) is 0 Å². The van der Waals surface area contributed by atoms with E-state index in [4.69, 9.17) is 11.6 Å². The van der Waals surface area contributed by atoms with Crippen molar-refractivity contribution in [2.75, 3.05) is 27.2 Å². The predicted octanol–water partition coefficient (Wildman–Crippen LogP) is 0.395. The highest BCUT2D eigenvalue weighted by molar-refractivity contribution is 7.87. The van der Waals surface area contributed by atoms with E-state index in [2.05, 4.69) is 10.0 Å². The fraction of sp³-hybridized carbons (Fsp3) is 0.417. The van der Waals surface area contributed by atoms with E-state index in [9.17, 15) is 13.2 Å². The second-order valence-corrected chi connectivity index (χ2v) is 6.74. The first-order valence-corrected chi connectivity index (χ1v) is 7.81. The van der Waals surface area contributed by atoms with Gasteiger partial charge in [-0.2, -0.15) is 17.4 Å². The van der Waals surface area contributed by atoms with E-state index < -0.39 is 10.2 Å². The van der Waals surface area contributed by atoms with Crippen molar-refractivity contribution >= 4 is 27.7 Å². The molecule has 8 heteroatoms. The normalized spacial score (nSPS) is 11.6. The maximum atomic E-state index is 11.5. The first-order valence-electron chi connectivity index (χ1n) is 5.99. The van der Waals surface area contributed by atoms with Gasteiger partial charge in [-0.15, -0.1) is 0 Å². The van der Waals surface area contributed by atoms with Crippen LogP contribution in [0, 0.1) is 0 Å². The van der Waals surface area contributed by atoms with Gasteiger partial charge in [-0.1, -0.05) is 23.7 Å². The number of carbonyl (C=O) groups is 1. The molecule has 0 aliphatic carbocycles. The van der Waals surface area contributed by atoms with Gasteiger partial charge < -0.3 is 5.32 Å². The third-order valence-electron chi connectivity index (χ3n) is 2.52. The van der Waals surface area contributed by atoms with Crippen molar-refractivity contribution in [3.8, 4) is 0 Å². The quantitative estimate of drug-likeness (QED) is 0.763. The second-order valence-electron chi connectivity index (χ2n) is 4.34. The lowest BCUT2D eigenvalue weighted by Gasteiger charge is -2.12. The summed E-state index contributed by atoms with van der Waals surface area (Å²) in [5.74, 6) is -0.377. The smallest absolute Gasteiger partial charge is 0.279 e. The van der Waals surface area contributed by atoms with Crippen LogP contribution in [0.1, 0.15) is 5.56 Å². The molecule has 6 nitrogen and oxygen atoms in total. The second kappa shape index (κ2) is 7.58. The summed E-state index contributed by atoms with van der Waals surface area (Å²) < 4.78 is 26.0. The summed E-state index contributed by atoms with van der Waals surface area (Å²) in [6.07, 6.45) is 0.632. The molecular formula is C12H18ClN3O3S. The summed E-state index contributed by atoms with van der Waals surface area (Å²) in [7, 11) is -0.794. The van der Waals surface area contributed by atoms with E-state index in [0.717, 1.165) is 9.87 Å². The van der Waals surface area contributed by atoms with E-state index in [1.54, 1.807) is 6.07 Å². The zero-order chi connectivity index (χ0) is 15.2. The number of hydrogen-bond acceptors (Lipinski definition) is 3. The average molecular weight is 320 g/mol. The molecule has 1 amide bonds. The molecule has 1 aromatic rings. The SMILES string of the molecule is CN(C)S(=O)(=O)NCC(=O)NCCc1cccc(Cl)c1. The Labute approximate surface area is 124 Å². The number of amides is 1. The zero-order valence-corrected chi connectivity index (χ0v) is 13.0. The monoisotopic (exact) mass is 319 g/mol. The molecule has 0 bridgehead atoms. The number of benzene rings is 1. The third-order valence-corrected chi connectivity index (χ3v) is 4.23. The van der Waals surface area contributed by atoms with Gasteiger partial charge in [-0.25, -0.2) is 0 Å². The number of halogens is 1. The summed E-state index contributed by atoms with van der Waals surface area (Å²) in [5, 5.41) is 3.28. The Bertz CT molecular complexity index is 561. The molecule has 0 radical (unpaired) electrons. The predicted molar refractivity (Wildman–Crippen MR) is 78.8 cm³/mol. The zero-order valence-electron chi connectivity index (χ0n) is 11.4. The highest BCUT2D eigenvalue weighted by Gasteiger charge is 2.14. The molecule has 20 heavy (non-hydrogen) atoms. The maximum absolute atomic E-state index is 11.5. The molecule has 0 saturated carbocycles. The van der Waals surface area contributed by atoms with Crippen molar-refractivity contribution in [3.63, 3.8) is 0 Å². The molecule has 1 rings (SSSR count). The van der Waals surface area contributed by atoms with Crippen LogP contribution in [0.25, 0.3) is 0 Å². The summed E-state index contributed by atoms with van der Waals surface area (Å²) in [4.78, 5) is 11.5. The minimum Gasteiger partial charge on any atom is -0.355 e. The lowest BCUT2D eigenvalue weighted by molar-refractivity contribution is -0.119. The van der Waals surface area contributed by atoms with Gasteiger partial charge in [-0.05, 0) is 24.1 Å². The molecule has 0 fully saturated rings. The third kappa shape index (κ3) is 5.87. The van der Waals surface area contributed by atoms with E-state index in [1.807, 2.05) is 18.2 Å². The minimum absolute atomic E-state index is 0.282. The number of carbonyl (C=O) groups excluding carboxylic acids is 1. The fourth-order valence-corrected chi connectivity index (χ4v) is 2.17. The number of hydrogen-bond donors (Lipinski definition) is 2. The molecule has 0 saturated heterocycles. The van der Waals surface area contributed by atoms with Crippen molar-refractivity contribution in [1.82, 2.24) is 14.3 Å². The lowest BCUT2D eigenvalue weighted by Crippen LogP contribution is -2.42. The minimum atomic E-state index is -3.57. The van der Waals surface area contributed by atoms with Crippen molar-refractivity contribution in [1.29, 1.82) is 0 Å². The van der Waals surface area contributed by atoms with Gasteiger partial charge in [0.05, 0.1) is 6.54 Å². The van der Waals surface area contributed by atoms with Crippen molar-refractivity contribution < 1.29 is 13.2 Å². The van der Waals surface area contributed by atoms with Gasteiger partial charge in [0.1, 0.15) is 0 Å². The van der Waals surface area contributed by atoms with Crippen LogP contribution in [0.4, 0.5) is 0 Å².